The van der Waals surface area contributed by atoms with Crippen LogP contribution in [0.5, 0.6) is 0 Å². The lowest BCUT2D eigenvalue weighted by atomic mass is 10.1. The lowest BCUT2D eigenvalue weighted by Crippen LogP contribution is -2.35. The van der Waals surface area contributed by atoms with Crippen LogP contribution in [0.3, 0.4) is 0 Å². The highest BCUT2D eigenvalue weighted by Crippen LogP contribution is 2.09. The van der Waals surface area contributed by atoms with Gasteiger partial charge in [-0.05, 0) is 43.8 Å². The molecule has 8 heteroatoms. The molecule has 0 saturated carbocycles. The van der Waals surface area contributed by atoms with E-state index in [-0.39, 0.29) is 41.2 Å². The topological polar surface area (TPSA) is 107 Å². The molecule has 0 aliphatic carbocycles. The molecule has 0 aliphatic rings. The Morgan fingerprint density at radius 3 is 2.75 bits per heavy atom. The van der Waals surface area contributed by atoms with Crippen molar-refractivity contribution in [1.29, 1.82) is 0 Å². The fourth-order valence-electron chi connectivity index (χ4n) is 2.15. The van der Waals surface area contributed by atoms with Crippen molar-refractivity contribution in [2.75, 3.05) is 6.54 Å². The predicted octanol–water partition coefficient (Wildman–Crippen LogP) is 1.62. The van der Waals surface area contributed by atoms with Crippen LogP contribution in [0.4, 0.5) is 0 Å². The molecule has 2 aromatic rings. The van der Waals surface area contributed by atoms with Crippen molar-refractivity contribution in [2.45, 2.75) is 32.7 Å². The van der Waals surface area contributed by atoms with Gasteiger partial charge in [0.1, 0.15) is 0 Å². The maximum Gasteiger partial charge on any atom is 0.259 e. The van der Waals surface area contributed by atoms with E-state index in [0.29, 0.717) is 16.5 Å². The Kier molecular flexibility index (Phi) is 5.86. The Labute approximate surface area is 143 Å². The van der Waals surface area contributed by atoms with Crippen LogP contribution >= 0.6 is 12.2 Å². The molecule has 128 valence electrons. The molecule has 0 fully saturated rings. The Balaban J connectivity index is 2.00. The van der Waals surface area contributed by atoms with E-state index in [0.717, 1.165) is 6.42 Å². The molecule has 4 N–H and O–H groups in total. The van der Waals surface area contributed by atoms with Crippen molar-refractivity contribution < 1.29 is 9.59 Å². The first kappa shape index (κ1) is 17.9. The van der Waals surface area contributed by atoms with Gasteiger partial charge >= 0.3 is 0 Å². The molecule has 2 amide bonds. The van der Waals surface area contributed by atoms with E-state index >= 15 is 0 Å². The minimum Gasteiger partial charge on any atom is -0.354 e. The predicted molar refractivity (Wildman–Crippen MR) is 94.6 cm³/mol. The third-order valence-corrected chi connectivity index (χ3v) is 3.86. The van der Waals surface area contributed by atoms with Crippen LogP contribution in [0.1, 0.15) is 37.0 Å². The number of hydrogen-bond donors (Lipinski definition) is 4. The van der Waals surface area contributed by atoms with Crippen molar-refractivity contribution >= 4 is 34.9 Å². The largest absolute Gasteiger partial charge is 0.354 e. The number of carbonyl (C=O) groups is 2. The number of fused-ring (bicyclic) bond motifs is 1. The van der Waals surface area contributed by atoms with Gasteiger partial charge in [0.15, 0.2) is 4.77 Å². The smallest absolute Gasteiger partial charge is 0.259 e. The van der Waals surface area contributed by atoms with Gasteiger partial charge in [-0.25, -0.2) is 0 Å². The zero-order valence-electron chi connectivity index (χ0n) is 13.6. The minimum atomic E-state index is -0.312. The summed E-state index contributed by atoms with van der Waals surface area (Å²) >= 11 is 4.92. The fraction of sp³-hybridized carbons (Fsp3) is 0.375. The van der Waals surface area contributed by atoms with E-state index < -0.39 is 0 Å². The van der Waals surface area contributed by atoms with Gasteiger partial charge < -0.3 is 15.6 Å². The Morgan fingerprint density at radius 2 is 2.04 bits per heavy atom. The summed E-state index contributed by atoms with van der Waals surface area (Å²) in [5, 5.41) is 5.95. The van der Waals surface area contributed by atoms with Gasteiger partial charge in [-0.2, -0.15) is 0 Å². The van der Waals surface area contributed by atoms with E-state index in [9.17, 15) is 14.4 Å². The standard InChI is InChI=1S/C16H20N4O3S/c1-3-9(2)18-13(21)6-7-17-14(22)10-4-5-11-12(8-10)19-16(24)20-15(11)23/h4-5,8-9H,3,6-7H2,1-2H3,(H,17,22)(H,18,21)(H2,19,20,23,24)/t9-/m1/s1. The highest BCUT2D eigenvalue weighted by molar-refractivity contribution is 7.71. The van der Waals surface area contributed by atoms with Gasteiger partial charge in [0.05, 0.1) is 10.9 Å². The second kappa shape index (κ2) is 7.87. The zero-order chi connectivity index (χ0) is 17.7. The number of aromatic amines is 2. The molecule has 24 heavy (non-hydrogen) atoms. The molecule has 0 unspecified atom stereocenters. The quantitative estimate of drug-likeness (QED) is 0.595. The molecule has 0 aliphatic heterocycles. The zero-order valence-corrected chi connectivity index (χ0v) is 14.4. The lowest BCUT2D eigenvalue weighted by Gasteiger charge is -2.11. The number of amides is 2. The van der Waals surface area contributed by atoms with Gasteiger partial charge in [0, 0.05) is 24.6 Å². The number of nitrogens with one attached hydrogen (secondary N) is 4. The van der Waals surface area contributed by atoms with E-state index in [4.69, 9.17) is 12.2 Å². The van der Waals surface area contributed by atoms with Crippen molar-refractivity contribution in [3.8, 4) is 0 Å². The Bertz CT molecular complexity index is 871. The summed E-state index contributed by atoms with van der Waals surface area (Å²) in [4.78, 5) is 40.9. The SMILES string of the molecule is CC[C@@H](C)NC(=O)CCNC(=O)c1ccc2c(=O)[nH]c(=S)[nH]c2c1. The Morgan fingerprint density at radius 1 is 1.29 bits per heavy atom. The van der Waals surface area contributed by atoms with Crippen LogP contribution in [0, 0.1) is 4.77 Å². The van der Waals surface area contributed by atoms with Crippen LogP contribution in [0.15, 0.2) is 23.0 Å². The first-order valence-corrected chi connectivity index (χ1v) is 8.15. The molecule has 1 aromatic carbocycles. The van der Waals surface area contributed by atoms with Crippen molar-refractivity contribution in [3.05, 3.63) is 38.9 Å². The van der Waals surface area contributed by atoms with Gasteiger partial charge in [0.2, 0.25) is 5.91 Å². The van der Waals surface area contributed by atoms with Gasteiger partial charge in [0.25, 0.3) is 11.5 Å². The molecule has 1 aromatic heterocycles. The Hall–Kier alpha value is -2.48. The average Bonchev–Trinajstić information content (AvgIpc) is 2.53. The number of benzene rings is 1. The summed E-state index contributed by atoms with van der Waals surface area (Å²) in [6, 6.07) is 4.80. The molecular formula is C16H20N4O3S. The summed E-state index contributed by atoms with van der Waals surface area (Å²) in [6.07, 6.45) is 1.07. The highest BCUT2D eigenvalue weighted by atomic mass is 32.1. The number of rotatable bonds is 6. The summed E-state index contributed by atoms with van der Waals surface area (Å²) in [6.45, 7) is 4.16. The van der Waals surface area contributed by atoms with Gasteiger partial charge in [-0.3, -0.25) is 19.4 Å². The molecule has 2 rings (SSSR count). The minimum absolute atomic E-state index is 0.0984. The van der Waals surface area contributed by atoms with Crippen LogP contribution < -0.4 is 16.2 Å². The molecule has 7 nitrogen and oxygen atoms in total. The highest BCUT2D eigenvalue weighted by Gasteiger charge is 2.10. The maximum atomic E-state index is 12.1. The molecular weight excluding hydrogens is 328 g/mol. The second-order valence-corrected chi connectivity index (χ2v) is 5.96. The summed E-state index contributed by atoms with van der Waals surface area (Å²) < 4.78 is 0.201. The first-order valence-electron chi connectivity index (χ1n) is 7.74. The van der Waals surface area contributed by atoms with Crippen molar-refractivity contribution in [2.24, 2.45) is 0 Å². The maximum absolute atomic E-state index is 12.1. The number of H-pyrrole nitrogens is 2. The van der Waals surface area contributed by atoms with E-state index in [1.54, 1.807) is 18.2 Å². The third kappa shape index (κ3) is 4.51. The summed E-state index contributed by atoms with van der Waals surface area (Å²) in [7, 11) is 0. The molecule has 0 bridgehead atoms. The molecule has 1 heterocycles. The third-order valence-electron chi connectivity index (χ3n) is 3.66. The fourth-order valence-corrected chi connectivity index (χ4v) is 2.35. The van der Waals surface area contributed by atoms with Crippen LogP contribution in [0.2, 0.25) is 0 Å². The van der Waals surface area contributed by atoms with Crippen molar-refractivity contribution in [1.82, 2.24) is 20.6 Å². The van der Waals surface area contributed by atoms with Crippen LogP contribution in [-0.4, -0.2) is 34.4 Å². The molecule has 0 spiro atoms. The van der Waals surface area contributed by atoms with E-state index in [1.807, 2.05) is 13.8 Å². The average molecular weight is 348 g/mol. The van der Waals surface area contributed by atoms with E-state index in [1.165, 1.54) is 0 Å². The number of carbonyl (C=O) groups excluding carboxylic acids is 2. The van der Waals surface area contributed by atoms with Crippen molar-refractivity contribution in [3.63, 3.8) is 0 Å². The first-order chi connectivity index (χ1) is 11.4. The van der Waals surface area contributed by atoms with Gasteiger partial charge in [-0.1, -0.05) is 6.92 Å². The van der Waals surface area contributed by atoms with Crippen LogP contribution in [0.25, 0.3) is 10.9 Å². The molecule has 0 radical (unpaired) electrons. The molecule has 1 atom stereocenters. The normalized spacial score (nSPS) is 11.9. The van der Waals surface area contributed by atoms with Crippen LogP contribution in [-0.2, 0) is 4.79 Å². The molecule has 0 saturated heterocycles. The summed E-state index contributed by atoms with van der Waals surface area (Å²) in [5.74, 6) is -0.411. The number of hydrogen-bond acceptors (Lipinski definition) is 4. The number of aromatic nitrogens is 2. The van der Waals surface area contributed by atoms with E-state index in [2.05, 4.69) is 20.6 Å². The monoisotopic (exact) mass is 348 g/mol. The second-order valence-electron chi connectivity index (χ2n) is 5.55. The van der Waals surface area contributed by atoms with Gasteiger partial charge in [-0.15, -0.1) is 0 Å². The summed E-state index contributed by atoms with van der Waals surface area (Å²) in [5.41, 5.74) is 0.578. The lowest BCUT2D eigenvalue weighted by molar-refractivity contribution is -0.121.